The average molecular weight is 373 g/mol. The van der Waals surface area contributed by atoms with Crippen LogP contribution in [0, 0.1) is 11.6 Å². The maximum atomic E-state index is 14.0. The van der Waals surface area contributed by atoms with Crippen molar-refractivity contribution in [1.82, 2.24) is 9.97 Å². The number of hydrogen-bond donors (Lipinski definition) is 2. The number of aromatic carboxylic acids is 1. The van der Waals surface area contributed by atoms with Crippen molar-refractivity contribution in [1.29, 1.82) is 0 Å². The van der Waals surface area contributed by atoms with Gasteiger partial charge in [-0.05, 0) is 18.2 Å². The summed E-state index contributed by atoms with van der Waals surface area (Å²) in [5, 5.41) is 10.7. The molecule has 5 nitrogen and oxygen atoms in total. The van der Waals surface area contributed by atoms with E-state index in [9.17, 15) is 18.7 Å². The lowest BCUT2D eigenvalue weighted by atomic mass is 10.1. The van der Waals surface area contributed by atoms with E-state index in [1.165, 1.54) is 6.08 Å². The molecule has 0 aliphatic heterocycles. The van der Waals surface area contributed by atoms with Gasteiger partial charge in [0.2, 0.25) is 0 Å². The van der Waals surface area contributed by atoms with Gasteiger partial charge >= 0.3 is 5.97 Å². The highest BCUT2D eigenvalue weighted by Gasteiger charge is 2.21. The van der Waals surface area contributed by atoms with Gasteiger partial charge in [0.25, 0.3) is 0 Å². The number of rotatable bonds is 4. The van der Waals surface area contributed by atoms with E-state index in [-0.39, 0.29) is 33.7 Å². The van der Waals surface area contributed by atoms with Gasteiger partial charge in [-0.15, -0.1) is 0 Å². The van der Waals surface area contributed by atoms with Crippen molar-refractivity contribution < 1.29 is 18.7 Å². The molecule has 2 aromatic rings. The zero-order chi connectivity index (χ0) is 18.0. The highest BCUT2D eigenvalue weighted by atomic mass is 35.5. The van der Waals surface area contributed by atoms with Crippen LogP contribution in [0.4, 0.5) is 14.6 Å². The van der Waals surface area contributed by atoms with Gasteiger partial charge in [0.15, 0.2) is 23.2 Å². The molecule has 24 heavy (non-hydrogen) atoms. The molecule has 0 spiro atoms. The van der Waals surface area contributed by atoms with Crippen molar-refractivity contribution in [3.05, 3.63) is 45.5 Å². The molecule has 0 amide bonds. The molecule has 9 heteroatoms. The van der Waals surface area contributed by atoms with Crippen LogP contribution in [0.1, 0.15) is 16.1 Å². The third-order valence-electron chi connectivity index (χ3n) is 2.96. The molecule has 2 rings (SSSR count). The minimum atomic E-state index is -1.35. The number of carboxylic acid groups (broad SMARTS) is 1. The summed E-state index contributed by atoms with van der Waals surface area (Å²) in [6, 6.07) is 2.29. The van der Waals surface area contributed by atoms with E-state index in [2.05, 4.69) is 9.97 Å². The summed E-state index contributed by atoms with van der Waals surface area (Å²) in [6.07, 6.45) is 5.35. The maximum Gasteiger partial charge on any atom is 0.355 e. The Morgan fingerprint density at radius 1 is 1.29 bits per heavy atom. The van der Waals surface area contributed by atoms with Crippen LogP contribution >= 0.6 is 11.6 Å². The fourth-order valence-electron chi connectivity index (χ4n) is 1.84. The maximum absolute atomic E-state index is 14.0. The highest BCUT2D eigenvalue weighted by molar-refractivity contribution is 7.98. The van der Waals surface area contributed by atoms with Crippen molar-refractivity contribution in [2.75, 3.05) is 18.2 Å². The Kier molecular flexibility index (Phi) is 5.40. The smallest absolute Gasteiger partial charge is 0.355 e. The normalized spacial score (nSPS) is 11.4. The molecule has 0 fully saturated rings. The third kappa shape index (κ3) is 3.65. The molecular weight excluding hydrogens is 360 g/mol. The van der Waals surface area contributed by atoms with E-state index in [0.717, 1.165) is 12.1 Å². The lowest BCUT2D eigenvalue weighted by molar-refractivity contribution is 0.0690. The van der Waals surface area contributed by atoms with Gasteiger partial charge in [0.05, 0.1) is 16.1 Å². The van der Waals surface area contributed by atoms with E-state index in [1.807, 2.05) is 12.5 Å². The molecule has 0 bridgehead atoms. The first kappa shape index (κ1) is 18.2. The number of benzene rings is 1. The van der Waals surface area contributed by atoms with Crippen molar-refractivity contribution >= 4 is 40.4 Å². The number of hydrogen-bond acceptors (Lipinski definition) is 4. The predicted molar refractivity (Wildman–Crippen MR) is 92.0 cm³/mol. The van der Waals surface area contributed by atoms with Gasteiger partial charge in [0, 0.05) is 10.9 Å². The van der Waals surface area contributed by atoms with Gasteiger partial charge in [-0.3, -0.25) is 0 Å². The fraction of sp³-hybridized carbons (Fsp3) is 0.133. The van der Waals surface area contributed by atoms with E-state index in [0.29, 0.717) is 0 Å². The van der Waals surface area contributed by atoms with E-state index in [4.69, 9.17) is 17.3 Å². The van der Waals surface area contributed by atoms with Crippen LogP contribution in [0.15, 0.2) is 17.5 Å². The average Bonchev–Trinajstić information content (AvgIpc) is 2.50. The molecule has 0 saturated carbocycles. The summed E-state index contributed by atoms with van der Waals surface area (Å²) >= 11 is 5.50. The van der Waals surface area contributed by atoms with Crippen LogP contribution in [0.5, 0.6) is 0 Å². The highest BCUT2D eigenvalue weighted by Crippen LogP contribution is 2.28. The molecule has 1 aromatic carbocycles. The molecule has 3 N–H and O–H groups in total. The van der Waals surface area contributed by atoms with E-state index in [1.54, 1.807) is 5.41 Å². The Morgan fingerprint density at radius 2 is 1.96 bits per heavy atom. The summed E-state index contributed by atoms with van der Waals surface area (Å²) in [5.41, 5.74) is 5.19. The second-order valence-electron chi connectivity index (χ2n) is 4.91. The lowest BCUT2D eigenvalue weighted by Gasteiger charge is -2.09. The summed E-state index contributed by atoms with van der Waals surface area (Å²) in [6.45, 7) is 0. The molecule has 0 aliphatic rings. The van der Waals surface area contributed by atoms with Crippen LogP contribution in [0.2, 0.25) is 5.02 Å². The molecule has 0 aliphatic carbocycles. The molecule has 0 saturated heterocycles. The molecule has 0 atom stereocenters. The molecule has 0 radical (unpaired) electrons. The SMILES string of the molecule is C[S+](C)/C=C/c1c(N)nc(-c2ccc(Cl)c(F)c2F)nc1C(=O)O. The third-order valence-corrected chi connectivity index (χ3v) is 3.93. The summed E-state index contributed by atoms with van der Waals surface area (Å²) in [4.78, 5) is 19.2. The Balaban J connectivity index is 2.67. The number of anilines is 1. The fourth-order valence-corrected chi connectivity index (χ4v) is 2.39. The number of carbonyl (C=O) groups is 1. The second kappa shape index (κ2) is 7.14. The zero-order valence-corrected chi connectivity index (χ0v) is 14.3. The van der Waals surface area contributed by atoms with Gasteiger partial charge in [0.1, 0.15) is 23.7 Å². The molecule has 126 valence electrons. The van der Waals surface area contributed by atoms with Gasteiger partial charge in [-0.2, -0.15) is 0 Å². The number of carboxylic acids is 1. The Hall–Kier alpha value is -2.19. The first-order chi connectivity index (χ1) is 11.2. The summed E-state index contributed by atoms with van der Waals surface area (Å²) in [7, 11) is -0.105. The van der Waals surface area contributed by atoms with Crippen LogP contribution in [-0.4, -0.2) is 33.6 Å². The molecule has 1 heterocycles. The van der Waals surface area contributed by atoms with E-state index < -0.39 is 28.3 Å². The van der Waals surface area contributed by atoms with Gasteiger partial charge in [-0.25, -0.2) is 23.5 Å². The predicted octanol–water partition coefficient (Wildman–Crippen LogP) is 3.20. The number of nitrogens with zero attached hydrogens (tertiary/aromatic N) is 2. The Bertz CT molecular complexity index is 844. The zero-order valence-electron chi connectivity index (χ0n) is 12.7. The largest absolute Gasteiger partial charge is 0.476 e. The number of aromatic nitrogens is 2. The monoisotopic (exact) mass is 372 g/mol. The number of nitrogens with two attached hydrogens (primary N) is 1. The van der Waals surface area contributed by atoms with Crippen LogP contribution in [-0.2, 0) is 10.9 Å². The molecular formula is C15H13ClF2N3O2S+. The number of nitrogen functional groups attached to an aromatic ring is 1. The lowest BCUT2D eigenvalue weighted by Crippen LogP contribution is -2.11. The number of halogens is 3. The topological polar surface area (TPSA) is 89.1 Å². The summed E-state index contributed by atoms with van der Waals surface area (Å²) in [5.74, 6) is -4.37. The molecule has 0 unspecified atom stereocenters. The van der Waals surface area contributed by atoms with Crippen LogP contribution in [0.25, 0.3) is 17.5 Å². The summed E-state index contributed by atoms with van der Waals surface area (Å²) < 4.78 is 27.6. The Labute approximate surface area is 144 Å². The van der Waals surface area contributed by atoms with Gasteiger partial charge < -0.3 is 10.8 Å². The van der Waals surface area contributed by atoms with Crippen molar-refractivity contribution in [3.8, 4) is 11.4 Å². The van der Waals surface area contributed by atoms with Crippen molar-refractivity contribution in [2.24, 2.45) is 0 Å². The van der Waals surface area contributed by atoms with E-state index >= 15 is 0 Å². The quantitative estimate of drug-likeness (QED) is 0.635. The first-order valence-electron chi connectivity index (χ1n) is 6.51. The van der Waals surface area contributed by atoms with Gasteiger partial charge in [-0.1, -0.05) is 11.6 Å². The minimum Gasteiger partial charge on any atom is -0.476 e. The van der Waals surface area contributed by atoms with Crippen molar-refractivity contribution in [2.45, 2.75) is 0 Å². The minimum absolute atomic E-state index is 0.105. The second-order valence-corrected chi connectivity index (χ2v) is 7.34. The van der Waals surface area contributed by atoms with Crippen LogP contribution in [0.3, 0.4) is 0 Å². The Morgan fingerprint density at radius 3 is 2.54 bits per heavy atom. The molecule has 1 aromatic heterocycles. The first-order valence-corrected chi connectivity index (χ1v) is 9.00. The van der Waals surface area contributed by atoms with Crippen LogP contribution < -0.4 is 5.73 Å². The standard InChI is InChI=1S/C15H12ClF2N3O2S/c1-24(2)6-5-8-12(15(22)23)20-14(21-13(8)19)7-3-4-9(16)11(18)10(7)17/h3-6H,1-2H3,(H2-,19,20,21,22,23)/p+1/b6-5+. The van der Waals surface area contributed by atoms with Crippen molar-refractivity contribution in [3.63, 3.8) is 0 Å².